The highest BCUT2D eigenvalue weighted by atomic mass is 32.2. The van der Waals surface area contributed by atoms with E-state index in [1.54, 1.807) is 35.1 Å². The second kappa shape index (κ2) is 9.07. The summed E-state index contributed by atoms with van der Waals surface area (Å²) in [5.41, 5.74) is 3.40. The Hall–Kier alpha value is -3.65. The molecular weight excluding hydrogens is 440 g/mol. The van der Waals surface area contributed by atoms with E-state index in [0.717, 1.165) is 16.1 Å². The zero-order valence-electron chi connectivity index (χ0n) is 17.8. The summed E-state index contributed by atoms with van der Waals surface area (Å²) in [6.45, 7) is 2.21. The Bertz CT molecular complexity index is 1320. The highest BCUT2D eigenvalue weighted by Gasteiger charge is 2.26. The van der Waals surface area contributed by atoms with Crippen LogP contribution in [0.2, 0.25) is 0 Å². The fourth-order valence-corrected chi connectivity index (χ4v) is 4.68. The molecule has 1 unspecified atom stereocenters. The van der Waals surface area contributed by atoms with E-state index in [2.05, 4.69) is 20.1 Å². The van der Waals surface area contributed by atoms with Crippen LogP contribution in [0.1, 0.15) is 29.5 Å². The van der Waals surface area contributed by atoms with E-state index < -0.39 is 5.92 Å². The van der Waals surface area contributed by atoms with Gasteiger partial charge in [-0.3, -0.25) is 4.72 Å². The molecule has 2 heterocycles. The lowest BCUT2D eigenvalue weighted by molar-refractivity contribution is 0.581. The van der Waals surface area contributed by atoms with Crippen LogP contribution in [0.3, 0.4) is 0 Å². The lowest BCUT2D eigenvalue weighted by Crippen LogP contribution is -2.30. The van der Waals surface area contributed by atoms with Gasteiger partial charge in [-0.05, 0) is 53.4 Å². The number of nitrogens with zero attached hydrogens (tertiary/aromatic N) is 3. The first-order chi connectivity index (χ1) is 16.1. The molecule has 0 radical (unpaired) electrons. The number of aliphatic imine (C=N–C) groups is 1. The van der Waals surface area contributed by atoms with Gasteiger partial charge in [0.05, 0.1) is 22.8 Å². The summed E-state index contributed by atoms with van der Waals surface area (Å²) in [5.74, 6) is -0.708. The van der Waals surface area contributed by atoms with Gasteiger partial charge in [-0.25, -0.2) is 18.5 Å². The molecule has 3 aromatic carbocycles. The summed E-state index contributed by atoms with van der Waals surface area (Å²) in [7, 11) is 0. The highest BCUT2D eigenvalue weighted by molar-refractivity contribution is 7.98. The van der Waals surface area contributed by atoms with Crippen LogP contribution in [0, 0.1) is 11.6 Å². The first-order valence-electron chi connectivity index (χ1n) is 10.5. The minimum Gasteiger partial charge on any atom is -0.324 e. The van der Waals surface area contributed by atoms with E-state index in [9.17, 15) is 8.78 Å². The number of fused-ring (bicyclic) bond motifs is 1. The topological polar surface area (TPSA) is 54.2 Å². The van der Waals surface area contributed by atoms with E-state index in [-0.39, 0.29) is 11.6 Å². The number of nitrogens with one attached hydrogen (secondary N) is 2. The van der Waals surface area contributed by atoms with Crippen LogP contribution in [0.5, 0.6) is 0 Å². The van der Waals surface area contributed by atoms with Crippen molar-refractivity contribution in [2.45, 2.75) is 24.3 Å². The standard InChI is InChI=1S/C25H21F2N5S/c1-16(18-8-3-4-9-19(18)26)23-20(27)11-12-22-24(23)30-25(31-33-22)28-15-17-7-2-5-10-21(17)32-14-6-13-29-32/h2-14,16H,15H2,1H3,(H2,28,30,31). The quantitative estimate of drug-likeness (QED) is 0.365. The molecule has 1 aliphatic rings. The summed E-state index contributed by atoms with van der Waals surface area (Å²) < 4.78 is 34.4. The number of hydrogen-bond acceptors (Lipinski definition) is 3. The third-order valence-corrected chi connectivity index (χ3v) is 6.47. The fourth-order valence-electron chi connectivity index (χ4n) is 3.96. The van der Waals surface area contributed by atoms with Crippen molar-refractivity contribution in [1.29, 1.82) is 0 Å². The summed E-state index contributed by atoms with van der Waals surface area (Å²) in [5, 5.41) is 7.54. The van der Waals surface area contributed by atoms with Crippen molar-refractivity contribution < 1.29 is 8.78 Å². The maximum Gasteiger partial charge on any atom is 0.206 e. The molecule has 33 heavy (non-hydrogen) atoms. The molecule has 1 atom stereocenters. The van der Waals surface area contributed by atoms with Crippen molar-refractivity contribution in [3.63, 3.8) is 0 Å². The average molecular weight is 462 g/mol. The number of rotatable bonds is 5. The number of benzene rings is 3. The van der Waals surface area contributed by atoms with Crippen molar-refractivity contribution in [2.75, 3.05) is 5.32 Å². The Labute approximate surface area is 194 Å². The Balaban J connectivity index is 1.46. The average Bonchev–Trinajstić information content (AvgIpc) is 3.37. The molecule has 0 amide bonds. The van der Waals surface area contributed by atoms with Gasteiger partial charge in [0.15, 0.2) is 0 Å². The number of guanidine groups is 1. The van der Waals surface area contributed by atoms with Crippen LogP contribution in [0.25, 0.3) is 5.69 Å². The van der Waals surface area contributed by atoms with Gasteiger partial charge >= 0.3 is 0 Å². The monoisotopic (exact) mass is 461 g/mol. The van der Waals surface area contributed by atoms with Crippen LogP contribution in [0.4, 0.5) is 14.5 Å². The molecule has 5 rings (SSSR count). The van der Waals surface area contributed by atoms with Gasteiger partial charge in [0.2, 0.25) is 5.96 Å². The third-order valence-electron chi connectivity index (χ3n) is 5.61. The zero-order chi connectivity index (χ0) is 22.8. The van der Waals surface area contributed by atoms with Crippen LogP contribution in [0.15, 0.2) is 89.0 Å². The Kier molecular flexibility index (Phi) is 5.83. The highest BCUT2D eigenvalue weighted by Crippen LogP contribution is 2.40. The van der Waals surface area contributed by atoms with Crippen molar-refractivity contribution in [2.24, 2.45) is 4.99 Å². The number of para-hydroxylation sites is 1. The van der Waals surface area contributed by atoms with Gasteiger partial charge in [-0.2, -0.15) is 5.10 Å². The molecule has 0 saturated carbocycles. The molecule has 8 heteroatoms. The molecule has 1 aliphatic heterocycles. The minimum atomic E-state index is -0.478. The molecule has 0 saturated heterocycles. The van der Waals surface area contributed by atoms with Crippen molar-refractivity contribution in [1.82, 2.24) is 14.5 Å². The summed E-state index contributed by atoms with van der Waals surface area (Å²) in [4.78, 5) is 5.50. The normalized spacial score (nSPS) is 14.9. The van der Waals surface area contributed by atoms with Crippen molar-refractivity contribution in [3.8, 4) is 5.69 Å². The largest absolute Gasteiger partial charge is 0.324 e. The lowest BCUT2D eigenvalue weighted by Gasteiger charge is -2.26. The second-order valence-corrected chi connectivity index (χ2v) is 8.50. The Morgan fingerprint density at radius 3 is 2.64 bits per heavy atom. The first kappa shape index (κ1) is 21.2. The van der Waals surface area contributed by atoms with E-state index in [1.165, 1.54) is 24.1 Å². The van der Waals surface area contributed by atoms with Crippen molar-refractivity contribution >= 4 is 23.6 Å². The number of halogens is 2. The van der Waals surface area contributed by atoms with Gasteiger partial charge in [-0.15, -0.1) is 0 Å². The van der Waals surface area contributed by atoms with Gasteiger partial charge in [0, 0.05) is 23.9 Å². The van der Waals surface area contributed by atoms with Gasteiger partial charge in [0.1, 0.15) is 11.6 Å². The predicted molar refractivity (Wildman–Crippen MR) is 128 cm³/mol. The van der Waals surface area contributed by atoms with Crippen LogP contribution >= 0.6 is 11.9 Å². The molecule has 0 spiro atoms. The molecule has 4 aromatic rings. The maximum atomic E-state index is 15.0. The number of hydrogen-bond donors (Lipinski definition) is 2. The third kappa shape index (κ3) is 4.21. The van der Waals surface area contributed by atoms with Gasteiger partial charge in [0.25, 0.3) is 0 Å². The summed E-state index contributed by atoms with van der Waals surface area (Å²) in [6, 6.07) is 19.4. The SMILES string of the molecule is CC(c1ccccc1F)c1c(F)ccc2c1NC(=NCc1ccccc1-n1cccn1)NS2. The van der Waals surface area contributed by atoms with Crippen LogP contribution < -0.4 is 10.0 Å². The minimum absolute atomic E-state index is 0.354. The summed E-state index contributed by atoms with van der Waals surface area (Å²) >= 11 is 1.35. The lowest BCUT2D eigenvalue weighted by atomic mass is 9.91. The van der Waals surface area contributed by atoms with E-state index in [4.69, 9.17) is 0 Å². The second-order valence-electron chi connectivity index (χ2n) is 7.65. The number of aromatic nitrogens is 2. The summed E-state index contributed by atoms with van der Waals surface area (Å²) in [6.07, 6.45) is 3.61. The van der Waals surface area contributed by atoms with E-state index in [1.807, 2.05) is 43.5 Å². The molecule has 0 bridgehead atoms. The molecule has 1 aromatic heterocycles. The molecule has 166 valence electrons. The van der Waals surface area contributed by atoms with Gasteiger partial charge in [-0.1, -0.05) is 43.3 Å². The zero-order valence-corrected chi connectivity index (χ0v) is 18.6. The smallest absolute Gasteiger partial charge is 0.206 e. The van der Waals surface area contributed by atoms with E-state index >= 15 is 0 Å². The predicted octanol–water partition coefficient (Wildman–Crippen LogP) is 5.88. The molecule has 2 N–H and O–H groups in total. The molecule has 0 fully saturated rings. The Morgan fingerprint density at radius 2 is 1.82 bits per heavy atom. The number of anilines is 1. The Morgan fingerprint density at radius 1 is 1.00 bits per heavy atom. The van der Waals surface area contributed by atoms with E-state index in [0.29, 0.717) is 29.3 Å². The molecule has 5 nitrogen and oxygen atoms in total. The van der Waals surface area contributed by atoms with Crippen molar-refractivity contribution in [3.05, 3.63) is 107 Å². The first-order valence-corrected chi connectivity index (χ1v) is 11.3. The van der Waals surface area contributed by atoms with Crippen LogP contribution in [-0.4, -0.2) is 15.7 Å². The molecule has 0 aliphatic carbocycles. The van der Waals surface area contributed by atoms with Gasteiger partial charge < -0.3 is 5.32 Å². The maximum absolute atomic E-state index is 15.0. The van der Waals surface area contributed by atoms with Crippen LogP contribution in [-0.2, 0) is 6.54 Å². The fraction of sp³-hybridized carbons (Fsp3) is 0.120. The molecular formula is C25H21F2N5S.